The van der Waals surface area contributed by atoms with Crippen molar-refractivity contribution in [1.82, 2.24) is 4.98 Å². The molecule has 0 saturated heterocycles. The van der Waals surface area contributed by atoms with E-state index >= 15 is 0 Å². The van der Waals surface area contributed by atoms with Crippen LogP contribution in [0.25, 0.3) is 22.2 Å². The highest BCUT2D eigenvalue weighted by atomic mass is 16.1. The molecule has 1 heterocycles. The van der Waals surface area contributed by atoms with Crippen molar-refractivity contribution >= 4 is 22.5 Å². The van der Waals surface area contributed by atoms with Gasteiger partial charge < -0.3 is 10.6 Å². The Kier molecular flexibility index (Phi) is 5.52. The number of amides is 1. The third-order valence-electron chi connectivity index (χ3n) is 4.58. The van der Waals surface area contributed by atoms with Gasteiger partial charge in [-0.1, -0.05) is 37.3 Å². The number of carbonyl (C=O) groups excluding carboxylic acids is 1. The van der Waals surface area contributed by atoms with E-state index in [1.54, 1.807) is 0 Å². The second-order valence-corrected chi connectivity index (χ2v) is 6.62. The summed E-state index contributed by atoms with van der Waals surface area (Å²) in [4.78, 5) is 18.4. The van der Waals surface area contributed by atoms with Crippen LogP contribution < -0.4 is 10.6 Å². The highest BCUT2D eigenvalue weighted by molar-refractivity contribution is 5.84. The number of pyridine rings is 1. The number of carbonyl (C=O) groups is 1. The molecular weight excluding hydrogens is 322 g/mol. The van der Waals surface area contributed by atoms with E-state index in [0.717, 1.165) is 40.7 Å². The third-order valence-corrected chi connectivity index (χ3v) is 4.58. The summed E-state index contributed by atoms with van der Waals surface area (Å²) in [6, 6.07) is 18.6. The van der Waals surface area contributed by atoms with Crippen molar-refractivity contribution in [1.29, 1.82) is 0 Å². The minimum Gasteiger partial charge on any atom is -0.375 e. The lowest BCUT2D eigenvalue weighted by Crippen LogP contribution is -2.17. The lowest BCUT2D eigenvalue weighted by atomic mass is 9.99. The van der Waals surface area contributed by atoms with E-state index in [4.69, 9.17) is 10.7 Å². The van der Waals surface area contributed by atoms with Crippen molar-refractivity contribution in [2.75, 3.05) is 18.5 Å². The summed E-state index contributed by atoms with van der Waals surface area (Å²) in [6.07, 6.45) is 2.03. The topological polar surface area (TPSA) is 59.2 Å². The fraction of sp³-hybridized carbons (Fsp3) is 0.273. The van der Waals surface area contributed by atoms with Crippen molar-refractivity contribution in [3.63, 3.8) is 0 Å². The standard InChI is InChI=1S/C22H25N3O/c1-3-14-25(2)19-11-8-16(9-12-19)22-18(10-13-21(23)26)15-17-6-4-5-7-20(17)24-22/h4-9,11-12,15H,3,10,13-14H2,1-2H3,(H2,23,26). The minimum absolute atomic E-state index is 0.291. The van der Waals surface area contributed by atoms with Crippen LogP contribution in [-0.2, 0) is 11.2 Å². The number of primary amides is 1. The normalized spacial score (nSPS) is 10.8. The molecule has 0 saturated carbocycles. The minimum atomic E-state index is -0.291. The zero-order valence-electron chi connectivity index (χ0n) is 15.4. The van der Waals surface area contributed by atoms with E-state index < -0.39 is 0 Å². The molecule has 1 aromatic heterocycles. The largest absolute Gasteiger partial charge is 0.375 e. The molecule has 0 atom stereocenters. The molecule has 4 nitrogen and oxygen atoms in total. The molecule has 134 valence electrons. The van der Waals surface area contributed by atoms with Gasteiger partial charge in [0.05, 0.1) is 11.2 Å². The Balaban J connectivity index is 2.01. The number of rotatable bonds is 7. The highest BCUT2D eigenvalue weighted by Crippen LogP contribution is 2.28. The van der Waals surface area contributed by atoms with Gasteiger partial charge in [-0.05, 0) is 42.7 Å². The van der Waals surface area contributed by atoms with Crippen LogP contribution in [0.4, 0.5) is 5.69 Å². The third kappa shape index (κ3) is 4.02. The zero-order valence-corrected chi connectivity index (χ0v) is 15.4. The van der Waals surface area contributed by atoms with Crippen LogP contribution in [0, 0.1) is 0 Å². The monoisotopic (exact) mass is 347 g/mol. The number of aromatic nitrogens is 1. The average molecular weight is 347 g/mol. The Bertz CT molecular complexity index is 903. The molecule has 26 heavy (non-hydrogen) atoms. The predicted octanol–water partition coefficient (Wildman–Crippen LogP) is 4.17. The molecule has 0 bridgehead atoms. The second kappa shape index (κ2) is 8.00. The maximum atomic E-state index is 11.3. The Labute approximate surface area is 154 Å². The number of anilines is 1. The van der Waals surface area contributed by atoms with Gasteiger partial charge >= 0.3 is 0 Å². The van der Waals surface area contributed by atoms with Crippen molar-refractivity contribution in [2.45, 2.75) is 26.2 Å². The first-order valence-electron chi connectivity index (χ1n) is 9.07. The summed E-state index contributed by atoms with van der Waals surface area (Å²) in [5, 5.41) is 1.08. The van der Waals surface area contributed by atoms with Gasteiger partial charge in [0.2, 0.25) is 5.91 Å². The molecule has 3 aromatic rings. The Hall–Kier alpha value is -2.88. The van der Waals surface area contributed by atoms with Gasteiger partial charge in [-0.15, -0.1) is 0 Å². The molecule has 4 heteroatoms. The molecular formula is C22H25N3O. The van der Waals surface area contributed by atoms with Gasteiger partial charge in [-0.25, -0.2) is 4.98 Å². The number of para-hydroxylation sites is 1. The lowest BCUT2D eigenvalue weighted by molar-refractivity contribution is -0.117. The van der Waals surface area contributed by atoms with Crippen LogP contribution in [0.2, 0.25) is 0 Å². The molecule has 0 radical (unpaired) electrons. The molecule has 3 rings (SSSR count). The van der Waals surface area contributed by atoms with E-state index in [2.05, 4.69) is 49.2 Å². The number of nitrogens with zero attached hydrogens (tertiary/aromatic N) is 2. The van der Waals surface area contributed by atoms with Crippen molar-refractivity contribution < 1.29 is 4.79 Å². The number of benzene rings is 2. The van der Waals surface area contributed by atoms with Crippen molar-refractivity contribution in [3.8, 4) is 11.3 Å². The second-order valence-electron chi connectivity index (χ2n) is 6.62. The molecule has 0 aliphatic carbocycles. The van der Waals surface area contributed by atoms with Gasteiger partial charge in [0.15, 0.2) is 0 Å². The predicted molar refractivity (Wildman–Crippen MR) is 108 cm³/mol. The number of hydrogen-bond donors (Lipinski definition) is 1. The average Bonchev–Trinajstić information content (AvgIpc) is 2.66. The maximum absolute atomic E-state index is 11.3. The molecule has 0 spiro atoms. The fourth-order valence-electron chi connectivity index (χ4n) is 3.20. The maximum Gasteiger partial charge on any atom is 0.217 e. The quantitative estimate of drug-likeness (QED) is 0.698. The number of nitrogens with two attached hydrogens (primary N) is 1. The van der Waals surface area contributed by atoms with Crippen molar-refractivity contribution in [3.05, 3.63) is 60.2 Å². The van der Waals surface area contributed by atoms with Crippen molar-refractivity contribution in [2.24, 2.45) is 5.73 Å². The number of hydrogen-bond acceptors (Lipinski definition) is 3. The number of fused-ring (bicyclic) bond motifs is 1. The van der Waals surface area contributed by atoms with Crippen LogP contribution in [0.15, 0.2) is 54.6 Å². The van der Waals surface area contributed by atoms with E-state index in [1.807, 2.05) is 24.3 Å². The zero-order chi connectivity index (χ0) is 18.5. The van der Waals surface area contributed by atoms with Crippen LogP contribution in [0.5, 0.6) is 0 Å². The van der Waals surface area contributed by atoms with Gasteiger partial charge in [-0.3, -0.25) is 4.79 Å². The summed E-state index contributed by atoms with van der Waals surface area (Å²) in [7, 11) is 2.10. The van der Waals surface area contributed by atoms with E-state index in [-0.39, 0.29) is 5.91 Å². The molecule has 0 aliphatic rings. The summed E-state index contributed by atoms with van der Waals surface area (Å²) in [6.45, 7) is 3.20. The van der Waals surface area contributed by atoms with Gasteiger partial charge in [0, 0.05) is 36.7 Å². The lowest BCUT2D eigenvalue weighted by Gasteiger charge is -2.19. The highest BCUT2D eigenvalue weighted by Gasteiger charge is 2.11. The van der Waals surface area contributed by atoms with Crippen LogP contribution in [-0.4, -0.2) is 24.5 Å². The Morgan fingerprint density at radius 2 is 1.85 bits per heavy atom. The SMILES string of the molecule is CCCN(C)c1ccc(-c2nc3ccccc3cc2CCC(N)=O)cc1. The Morgan fingerprint density at radius 3 is 2.54 bits per heavy atom. The van der Waals surface area contributed by atoms with Crippen LogP contribution in [0.1, 0.15) is 25.3 Å². The number of aryl methyl sites for hydroxylation is 1. The summed E-state index contributed by atoms with van der Waals surface area (Å²) in [5.74, 6) is -0.291. The van der Waals surface area contributed by atoms with E-state index in [9.17, 15) is 4.79 Å². The van der Waals surface area contributed by atoms with Gasteiger partial charge in [0.1, 0.15) is 0 Å². The van der Waals surface area contributed by atoms with Crippen LogP contribution >= 0.6 is 0 Å². The molecule has 0 aliphatic heterocycles. The summed E-state index contributed by atoms with van der Waals surface area (Å²) < 4.78 is 0. The first-order valence-corrected chi connectivity index (χ1v) is 9.07. The van der Waals surface area contributed by atoms with Gasteiger partial charge in [-0.2, -0.15) is 0 Å². The first kappa shape index (κ1) is 17.9. The fourth-order valence-corrected chi connectivity index (χ4v) is 3.20. The van der Waals surface area contributed by atoms with Gasteiger partial charge in [0.25, 0.3) is 0 Å². The molecule has 2 N–H and O–H groups in total. The van der Waals surface area contributed by atoms with E-state index in [1.165, 1.54) is 5.69 Å². The molecule has 0 fully saturated rings. The van der Waals surface area contributed by atoms with Crippen LogP contribution in [0.3, 0.4) is 0 Å². The van der Waals surface area contributed by atoms with E-state index in [0.29, 0.717) is 12.8 Å². The summed E-state index contributed by atoms with van der Waals surface area (Å²) in [5.41, 5.74) is 10.5. The molecule has 2 aromatic carbocycles. The smallest absolute Gasteiger partial charge is 0.217 e. The molecule has 1 amide bonds. The Morgan fingerprint density at radius 1 is 1.12 bits per heavy atom. The first-order chi connectivity index (χ1) is 12.6. The summed E-state index contributed by atoms with van der Waals surface area (Å²) >= 11 is 0. The molecule has 0 unspecified atom stereocenters.